The molecule has 1 heterocycles. The predicted molar refractivity (Wildman–Crippen MR) is 39.7 cm³/mol. The van der Waals surface area contributed by atoms with Crippen LogP contribution in [-0.2, 0) is 0 Å². The molecule has 0 bridgehead atoms. The van der Waals surface area contributed by atoms with Gasteiger partial charge in [-0.05, 0) is 0 Å². The first kappa shape index (κ1) is 8.88. The zero-order valence-corrected chi connectivity index (χ0v) is 6.81. The first-order valence-corrected chi connectivity index (χ1v) is 3.47. The van der Waals surface area contributed by atoms with Crippen LogP contribution in [0.3, 0.4) is 0 Å². The predicted octanol–water partition coefficient (Wildman–Crippen LogP) is 0.309. The van der Waals surface area contributed by atoms with E-state index in [9.17, 15) is 0 Å². The lowest BCUT2D eigenvalue weighted by molar-refractivity contribution is 0.173. The van der Waals surface area contributed by atoms with Crippen LogP contribution in [-0.4, -0.2) is 37.2 Å². The largest absolute Gasteiger partial charge is 0.232 e. The molecule has 0 unspecified atom stereocenters. The van der Waals surface area contributed by atoms with Crippen molar-refractivity contribution in [3.8, 4) is 0 Å². The first-order valence-electron chi connectivity index (χ1n) is 3.47. The van der Waals surface area contributed by atoms with Gasteiger partial charge in [0.15, 0.2) is 0 Å². The van der Waals surface area contributed by atoms with E-state index in [4.69, 9.17) is 0 Å². The summed E-state index contributed by atoms with van der Waals surface area (Å²) in [4.78, 5) is 0. The zero-order valence-electron chi connectivity index (χ0n) is 6.81. The smallest absolute Gasteiger partial charge is 0.0283 e. The Labute approximate surface area is 57.6 Å². The highest BCUT2D eigenvalue weighted by Crippen LogP contribution is 1.87. The molecule has 1 rings (SSSR count). The molecule has 0 spiro atoms. The van der Waals surface area contributed by atoms with Crippen LogP contribution < -0.4 is 5.53 Å². The number of hydrazine groups is 2. The number of hydrogen-bond acceptors (Lipinski definition) is 3. The molecule has 1 aliphatic rings. The Morgan fingerprint density at radius 2 is 1.33 bits per heavy atom. The van der Waals surface area contributed by atoms with Gasteiger partial charge in [-0.2, -0.15) is 5.53 Å². The van der Waals surface area contributed by atoms with E-state index in [-0.39, 0.29) is 0 Å². The van der Waals surface area contributed by atoms with Crippen LogP contribution in [0.25, 0.3) is 0 Å². The zero-order chi connectivity index (χ0) is 7.28. The minimum absolute atomic E-state index is 1.12. The van der Waals surface area contributed by atoms with Crippen LogP contribution in [0.2, 0.25) is 0 Å². The number of nitrogens with one attached hydrogen (secondary N) is 1. The second-order valence-corrected chi connectivity index (χ2v) is 1.94. The van der Waals surface area contributed by atoms with Crippen LogP contribution in [0, 0.1) is 0 Å². The molecule has 1 saturated heterocycles. The summed E-state index contributed by atoms with van der Waals surface area (Å²) in [5.74, 6) is 0. The Morgan fingerprint density at radius 1 is 1.00 bits per heavy atom. The number of likely N-dealkylation sites (N-methyl/N-ethyl adjacent to an activating group) is 2. The molecule has 0 radical (unpaired) electrons. The Bertz CT molecular complexity index is 57.3. The first-order chi connectivity index (χ1) is 4.29. The molecule has 1 fully saturated rings. The van der Waals surface area contributed by atoms with Gasteiger partial charge in [-0.15, -0.1) is 0 Å². The summed E-state index contributed by atoms with van der Waals surface area (Å²) in [7, 11) is 4.06. The molecule has 0 aliphatic carbocycles. The highest BCUT2D eigenvalue weighted by molar-refractivity contribution is 4.54. The minimum Gasteiger partial charge on any atom is -0.232 e. The van der Waals surface area contributed by atoms with Gasteiger partial charge < -0.3 is 0 Å². The Hall–Kier alpha value is -0.120. The quantitative estimate of drug-likeness (QED) is 0.510. The molecule has 1 N–H and O–H groups in total. The summed E-state index contributed by atoms with van der Waals surface area (Å²) in [6, 6.07) is 0. The van der Waals surface area contributed by atoms with Crippen molar-refractivity contribution in [1.82, 2.24) is 15.6 Å². The summed E-state index contributed by atoms with van der Waals surface area (Å²) in [6.45, 7) is 6.24. The minimum atomic E-state index is 1.12. The summed E-state index contributed by atoms with van der Waals surface area (Å²) in [5.41, 5.74) is 3.08. The molecule has 56 valence electrons. The highest BCUT2D eigenvalue weighted by Gasteiger charge is 2.08. The molecular formula is C6H17N3. The van der Waals surface area contributed by atoms with Gasteiger partial charge >= 0.3 is 0 Å². The second kappa shape index (κ2) is 4.73. The molecule has 3 heteroatoms. The summed E-state index contributed by atoms with van der Waals surface area (Å²) in [6.07, 6.45) is 0. The van der Waals surface area contributed by atoms with Gasteiger partial charge in [0.2, 0.25) is 0 Å². The molecule has 0 atom stereocenters. The summed E-state index contributed by atoms with van der Waals surface area (Å²) < 4.78 is 0. The number of hydrogen-bond donors (Lipinski definition) is 1. The van der Waals surface area contributed by atoms with Crippen LogP contribution in [0.5, 0.6) is 0 Å². The monoisotopic (exact) mass is 131 g/mol. The van der Waals surface area contributed by atoms with E-state index in [1.54, 1.807) is 0 Å². The number of nitrogens with zero attached hydrogens (tertiary/aromatic N) is 2. The van der Waals surface area contributed by atoms with Gasteiger partial charge in [0, 0.05) is 27.2 Å². The fraction of sp³-hybridized carbons (Fsp3) is 1.00. The van der Waals surface area contributed by atoms with Gasteiger partial charge in [0.25, 0.3) is 0 Å². The van der Waals surface area contributed by atoms with Gasteiger partial charge in [-0.1, -0.05) is 13.8 Å². The molecule has 3 nitrogen and oxygen atoms in total. The molecule has 0 aromatic heterocycles. The van der Waals surface area contributed by atoms with E-state index in [2.05, 4.69) is 15.6 Å². The molecule has 9 heavy (non-hydrogen) atoms. The van der Waals surface area contributed by atoms with Crippen molar-refractivity contribution in [2.24, 2.45) is 0 Å². The third-order valence-corrected chi connectivity index (χ3v) is 1.11. The molecular weight excluding hydrogens is 114 g/mol. The van der Waals surface area contributed by atoms with Crippen molar-refractivity contribution in [2.75, 3.05) is 27.2 Å². The maximum absolute atomic E-state index is 3.08. The molecule has 0 saturated carbocycles. The van der Waals surface area contributed by atoms with E-state index < -0.39 is 0 Å². The molecule has 0 aromatic rings. The normalized spacial score (nSPS) is 21.3. The molecule has 1 aliphatic heterocycles. The van der Waals surface area contributed by atoms with Crippen molar-refractivity contribution < 1.29 is 0 Å². The maximum Gasteiger partial charge on any atom is 0.0283 e. The Morgan fingerprint density at radius 3 is 1.44 bits per heavy atom. The van der Waals surface area contributed by atoms with E-state index in [1.807, 2.05) is 27.9 Å². The second-order valence-electron chi connectivity index (χ2n) is 1.94. The topological polar surface area (TPSA) is 18.5 Å². The SMILES string of the molecule is CC.CN1CCN(C)N1. The van der Waals surface area contributed by atoms with E-state index in [0.29, 0.717) is 0 Å². The fourth-order valence-electron chi connectivity index (χ4n) is 0.691. The lowest BCUT2D eigenvalue weighted by Crippen LogP contribution is -2.34. The Kier molecular flexibility index (Phi) is 4.67. The third kappa shape index (κ3) is 3.46. The average molecular weight is 131 g/mol. The lowest BCUT2D eigenvalue weighted by Gasteiger charge is -2.09. The third-order valence-electron chi connectivity index (χ3n) is 1.11. The molecule has 0 amide bonds. The molecule has 0 aromatic carbocycles. The van der Waals surface area contributed by atoms with Crippen LogP contribution >= 0.6 is 0 Å². The summed E-state index contributed by atoms with van der Waals surface area (Å²) >= 11 is 0. The fourth-order valence-corrected chi connectivity index (χ4v) is 0.691. The van der Waals surface area contributed by atoms with Crippen LogP contribution in [0.4, 0.5) is 0 Å². The van der Waals surface area contributed by atoms with Gasteiger partial charge in [-0.25, -0.2) is 10.0 Å². The number of rotatable bonds is 0. The van der Waals surface area contributed by atoms with Crippen LogP contribution in [0.15, 0.2) is 0 Å². The van der Waals surface area contributed by atoms with Crippen molar-refractivity contribution in [3.05, 3.63) is 0 Å². The van der Waals surface area contributed by atoms with E-state index in [0.717, 1.165) is 13.1 Å². The summed E-state index contributed by atoms with van der Waals surface area (Å²) in [5, 5.41) is 4.11. The highest BCUT2D eigenvalue weighted by atomic mass is 15.8. The van der Waals surface area contributed by atoms with Crippen molar-refractivity contribution >= 4 is 0 Å². The van der Waals surface area contributed by atoms with Gasteiger partial charge in [0.1, 0.15) is 0 Å². The van der Waals surface area contributed by atoms with Crippen molar-refractivity contribution in [1.29, 1.82) is 0 Å². The average Bonchev–Trinajstić information content (AvgIpc) is 2.20. The maximum atomic E-state index is 3.08. The van der Waals surface area contributed by atoms with E-state index >= 15 is 0 Å². The standard InChI is InChI=1S/C4H11N3.C2H6/c1-6-3-4-7(2)5-6;1-2/h5H,3-4H2,1-2H3;1-2H3. The van der Waals surface area contributed by atoms with Gasteiger partial charge in [-0.3, -0.25) is 0 Å². The van der Waals surface area contributed by atoms with E-state index in [1.165, 1.54) is 0 Å². The van der Waals surface area contributed by atoms with Crippen molar-refractivity contribution in [2.45, 2.75) is 13.8 Å². The van der Waals surface area contributed by atoms with Crippen LogP contribution in [0.1, 0.15) is 13.8 Å². The van der Waals surface area contributed by atoms with Gasteiger partial charge in [0.05, 0.1) is 0 Å². The Balaban J connectivity index is 0.000000291. The lowest BCUT2D eigenvalue weighted by atomic mass is 10.6. The van der Waals surface area contributed by atoms with Crippen molar-refractivity contribution in [3.63, 3.8) is 0 Å².